The molecule has 0 bridgehead atoms. The first kappa shape index (κ1) is 15.7. The molecule has 0 aliphatic carbocycles. The Hall–Kier alpha value is -2.66. The molecule has 2 aromatic carbocycles. The number of carbonyl (C=O) groups excluding carboxylic acids is 1. The molecule has 5 nitrogen and oxygen atoms in total. The van der Waals surface area contributed by atoms with E-state index < -0.39 is 0 Å². The zero-order valence-corrected chi connectivity index (χ0v) is 12.3. The molecule has 2 aromatic rings. The van der Waals surface area contributed by atoms with Gasteiger partial charge in [-0.05, 0) is 36.8 Å². The summed E-state index contributed by atoms with van der Waals surface area (Å²) in [6.07, 6.45) is 0. The van der Waals surface area contributed by atoms with Crippen molar-refractivity contribution in [1.82, 2.24) is 5.48 Å². The molecular formula is C17H18N2O3. The molecule has 0 aliphatic rings. The van der Waals surface area contributed by atoms with E-state index in [4.69, 9.17) is 15.0 Å². The Morgan fingerprint density at radius 2 is 1.73 bits per heavy atom. The summed E-state index contributed by atoms with van der Waals surface area (Å²) >= 11 is 0. The Balaban J connectivity index is 1.82. The molecule has 1 amide bonds. The highest BCUT2D eigenvalue weighted by Crippen LogP contribution is 2.07. The molecular weight excluding hydrogens is 280 g/mol. The number of rotatable bonds is 6. The monoisotopic (exact) mass is 298 g/mol. The zero-order valence-electron chi connectivity index (χ0n) is 12.3. The average molecular weight is 298 g/mol. The molecule has 2 rings (SSSR count). The summed E-state index contributed by atoms with van der Waals surface area (Å²) in [7, 11) is 0. The molecule has 0 heterocycles. The maximum Gasteiger partial charge on any atom is 0.274 e. The summed E-state index contributed by atoms with van der Waals surface area (Å²) in [5.74, 6) is -0.136. The topological polar surface area (TPSA) is 71.4 Å². The summed E-state index contributed by atoms with van der Waals surface area (Å²) in [5, 5.41) is 7.68. The van der Waals surface area contributed by atoms with Gasteiger partial charge in [0.05, 0.1) is 13.2 Å². The molecule has 0 saturated heterocycles. The normalized spacial score (nSPS) is 10.0. The lowest BCUT2D eigenvalue weighted by Crippen LogP contribution is -2.23. The first-order valence-electron chi connectivity index (χ1n) is 6.98. The van der Waals surface area contributed by atoms with Crippen molar-refractivity contribution < 1.29 is 14.4 Å². The van der Waals surface area contributed by atoms with E-state index in [2.05, 4.69) is 5.48 Å². The first-order chi connectivity index (χ1) is 10.7. The Morgan fingerprint density at radius 1 is 1.05 bits per heavy atom. The molecule has 0 aromatic heterocycles. The minimum atomic E-state index is -0.282. The number of nitrogens with one attached hydrogen (secondary N) is 2. The highest BCUT2D eigenvalue weighted by Gasteiger charge is 2.05. The van der Waals surface area contributed by atoms with Crippen LogP contribution in [0, 0.1) is 5.41 Å². The molecule has 0 unspecified atom stereocenters. The van der Waals surface area contributed by atoms with Crippen LogP contribution >= 0.6 is 0 Å². The van der Waals surface area contributed by atoms with Crippen LogP contribution in [0.1, 0.15) is 28.4 Å². The highest BCUT2D eigenvalue weighted by molar-refractivity contribution is 5.93. The molecule has 0 radical (unpaired) electrons. The van der Waals surface area contributed by atoms with Crippen LogP contribution in [0.25, 0.3) is 0 Å². The number of carbonyl (C=O) groups is 1. The van der Waals surface area contributed by atoms with Gasteiger partial charge in [-0.1, -0.05) is 30.3 Å². The van der Waals surface area contributed by atoms with Crippen molar-refractivity contribution in [3.8, 4) is 0 Å². The molecule has 0 spiro atoms. The van der Waals surface area contributed by atoms with E-state index in [9.17, 15) is 4.79 Å². The van der Waals surface area contributed by atoms with Gasteiger partial charge in [-0.25, -0.2) is 5.48 Å². The molecule has 114 valence electrons. The third kappa shape index (κ3) is 4.43. The Labute approximate surface area is 129 Å². The van der Waals surface area contributed by atoms with E-state index in [1.165, 1.54) is 0 Å². The second-order valence-corrected chi connectivity index (χ2v) is 4.54. The molecule has 0 saturated carbocycles. The van der Waals surface area contributed by atoms with Crippen molar-refractivity contribution in [3.63, 3.8) is 0 Å². The fraction of sp³-hybridized carbons (Fsp3) is 0.176. The van der Waals surface area contributed by atoms with E-state index in [1.54, 1.807) is 36.4 Å². The van der Waals surface area contributed by atoms with Crippen molar-refractivity contribution in [2.75, 3.05) is 6.61 Å². The standard InChI is InChI=1S/C17H18N2O3/c1-2-21-16(18)14-10-8-13(9-11-14)12-22-19-17(20)15-6-4-3-5-7-15/h3-11,18H,2,12H2,1H3,(H,19,20). The zero-order chi connectivity index (χ0) is 15.8. The van der Waals surface area contributed by atoms with Gasteiger partial charge in [-0.15, -0.1) is 0 Å². The van der Waals surface area contributed by atoms with Gasteiger partial charge in [0.25, 0.3) is 5.91 Å². The van der Waals surface area contributed by atoms with Crippen LogP contribution in [-0.4, -0.2) is 18.4 Å². The van der Waals surface area contributed by atoms with Crippen LogP contribution in [0.2, 0.25) is 0 Å². The van der Waals surface area contributed by atoms with Crippen LogP contribution in [0.15, 0.2) is 54.6 Å². The number of hydrogen-bond donors (Lipinski definition) is 2. The summed E-state index contributed by atoms with van der Waals surface area (Å²) in [4.78, 5) is 17.0. The lowest BCUT2D eigenvalue weighted by Gasteiger charge is -2.08. The maximum absolute atomic E-state index is 11.8. The quantitative estimate of drug-likeness (QED) is 0.489. The van der Waals surface area contributed by atoms with Crippen molar-refractivity contribution in [1.29, 1.82) is 5.41 Å². The van der Waals surface area contributed by atoms with E-state index >= 15 is 0 Å². The predicted octanol–water partition coefficient (Wildman–Crippen LogP) is 2.91. The lowest BCUT2D eigenvalue weighted by atomic mass is 10.1. The molecule has 0 fully saturated rings. The van der Waals surface area contributed by atoms with Gasteiger partial charge in [0.1, 0.15) is 0 Å². The third-order valence-electron chi connectivity index (χ3n) is 2.94. The number of benzene rings is 2. The number of hydrogen-bond acceptors (Lipinski definition) is 4. The molecule has 2 N–H and O–H groups in total. The number of amides is 1. The minimum Gasteiger partial charge on any atom is -0.478 e. The summed E-state index contributed by atoms with van der Waals surface area (Å²) in [6, 6.07) is 16.1. The smallest absolute Gasteiger partial charge is 0.274 e. The van der Waals surface area contributed by atoms with E-state index in [0.717, 1.165) is 5.56 Å². The van der Waals surface area contributed by atoms with Gasteiger partial charge in [0.15, 0.2) is 0 Å². The van der Waals surface area contributed by atoms with Crippen LogP contribution in [-0.2, 0) is 16.2 Å². The summed E-state index contributed by atoms with van der Waals surface area (Å²) in [6.45, 7) is 2.56. The minimum absolute atomic E-state index is 0.146. The van der Waals surface area contributed by atoms with Gasteiger partial charge in [0.2, 0.25) is 5.90 Å². The van der Waals surface area contributed by atoms with Gasteiger partial charge < -0.3 is 4.74 Å². The fourth-order valence-electron chi connectivity index (χ4n) is 1.81. The second-order valence-electron chi connectivity index (χ2n) is 4.54. The van der Waals surface area contributed by atoms with E-state index in [-0.39, 0.29) is 18.4 Å². The summed E-state index contributed by atoms with van der Waals surface area (Å²) < 4.78 is 5.12. The van der Waals surface area contributed by atoms with E-state index in [0.29, 0.717) is 17.7 Å². The fourth-order valence-corrected chi connectivity index (χ4v) is 1.81. The van der Waals surface area contributed by atoms with Crippen molar-refractivity contribution >= 4 is 11.8 Å². The molecule has 0 atom stereocenters. The third-order valence-corrected chi connectivity index (χ3v) is 2.94. The van der Waals surface area contributed by atoms with Crippen LogP contribution in [0.5, 0.6) is 0 Å². The largest absolute Gasteiger partial charge is 0.478 e. The Bertz CT molecular complexity index is 624. The first-order valence-corrected chi connectivity index (χ1v) is 6.98. The van der Waals surface area contributed by atoms with Gasteiger partial charge in [-0.3, -0.25) is 15.0 Å². The van der Waals surface area contributed by atoms with Crippen LogP contribution in [0.3, 0.4) is 0 Å². The molecule has 5 heteroatoms. The van der Waals surface area contributed by atoms with Crippen molar-refractivity contribution in [3.05, 3.63) is 71.3 Å². The number of hydroxylamine groups is 1. The summed E-state index contributed by atoms with van der Waals surface area (Å²) in [5.41, 5.74) is 4.54. The molecule has 22 heavy (non-hydrogen) atoms. The van der Waals surface area contributed by atoms with Crippen molar-refractivity contribution in [2.45, 2.75) is 13.5 Å². The van der Waals surface area contributed by atoms with E-state index in [1.807, 2.05) is 25.1 Å². The van der Waals surface area contributed by atoms with Crippen LogP contribution in [0.4, 0.5) is 0 Å². The maximum atomic E-state index is 11.8. The lowest BCUT2D eigenvalue weighted by molar-refractivity contribution is 0.0233. The second kappa shape index (κ2) is 7.95. The predicted molar refractivity (Wildman–Crippen MR) is 83.6 cm³/mol. The Kier molecular flexibility index (Phi) is 5.68. The Morgan fingerprint density at radius 3 is 2.36 bits per heavy atom. The van der Waals surface area contributed by atoms with Gasteiger partial charge >= 0.3 is 0 Å². The average Bonchev–Trinajstić information content (AvgIpc) is 2.56. The van der Waals surface area contributed by atoms with Gasteiger partial charge in [-0.2, -0.15) is 0 Å². The number of ether oxygens (including phenoxy) is 1. The molecule has 0 aliphatic heterocycles. The van der Waals surface area contributed by atoms with Crippen LogP contribution < -0.4 is 5.48 Å². The highest BCUT2D eigenvalue weighted by atomic mass is 16.6. The van der Waals surface area contributed by atoms with Crippen molar-refractivity contribution in [2.24, 2.45) is 0 Å². The SMILES string of the molecule is CCOC(=N)c1ccc(CONC(=O)c2ccccc2)cc1. The van der Waals surface area contributed by atoms with Gasteiger partial charge in [0, 0.05) is 11.1 Å².